The molecule has 0 bridgehead atoms. The van der Waals surface area contributed by atoms with Crippen molar-refractivity contribution in [2.45, 2.75) is 85.0 Å². The predicted octanol–water partition coefficient (Wildman–Crippen LogP) is 8.93. The van der Waals surface area contributed by atoms with Crippen LogP contribution in [0, 0.1) is 61.2 Å². The smallest absolute Gasteiger partial charge is 0.146 e. The standard InChI is InChI=1S/C34H35N3S4/c1-4-6-8-10-12-24-18-31(23(3)20-35)40-33(24)29-16-14-27(38-29)28-15-17-30(39-28)34-25(13-11-9-7-5-2)19-32(41-34)26(21-36)22-37/h14-19H,4-13H2,1-3H3/b28-27+,31-23-,33-29+,34-30+. The minimum atomic E-state index is 0.195. The summed E-state index contributed by atoms with van der Waals surface area (Å²) in [4.78, 5) is 0. The van der Waals surface area contributed by atoms with E-state index in [1.165, 1.54) is 83.3 Å². The molecule has 0 radical (unpaired) electrons. The zero-order valence-electron chi connectivity index (χ0n) is 24.0. The Kier molecular flexibility index (Phi) is 11.6. The van der Waals surface area contributed by atoms with Crippen LogP contribution in [0.4, 0.5) is 0 Å². The van der Waals surface area contributed by atoms with E-state index in [1.807, 2.05) is 18.3 Å². The Morgan fingerprint density at radius 1 is 0.585 bits per heavy atom. The molecule has 4 rings (SSSR count). The van der Waals surface area contributed by atoms with Gasteiger partial charge in [0.1, 0.15) is 17.7 Å². The van der Waals surface area contributed by atoms with Crippen LogP contribution in [-0.4, -0.2) is 0 Å². The zero-order valence-corrected chi connectivity index (χ0v) is 27.3. The van der Waals surface area contributed by atoms with Gasteiger partial charge in [0.05, 0.1) is 10.6 Å². The van der Waals surface area contributed by atoms with Gasteiger partial charge >= 0.3 is 0 Å². The van der Waals surface area contributed by atoms with Gasteiger partial charge in [-0.1, -0.05) is 52.4 Å². The molecule has 0 aliphatic heterocycles. The molecule has 0 fully saturated rings. The Labute approximate surface area is 257 Å². The Hall–Kier alpha value is -2.99. The highest BCUT2D eigenvalue weighted by molar-refractivity contribution is 7.14. The van der Waals surface area contributed by atoms with Crippen molar-refractivity contribution in [3.05, 3.63) is 83.8 Å². The molecule has 3 nitrogen and oxygen atoms in total. The van der Waals surface area contributed by atoms with Crippen LogP contribution in [0.3, 0.4) is 0 Å². The Bertz CT molecular complexity index is 2020. The molecule has 0 N–H and O–H groups in total. The molecule has 7 heteroatoms. The number of aryl methyl sites for hydroxylation is 2. The lowest BCUT2D eigenvalue weighted by Gasteiger charge is -1.97. The number of unbranched alkanes of at least 4 members (excludes halogenated alkanes) is 6. The molecule has 4 heterocycles. The quantitative estimate of drug-likeness (QED) is 0.168. The van der Waals surface area contributed by atoms with Crippen LogP contribution >= 0.6 is 45.3 Å². The van der Waals surface area contributed by atoms with Gasteiger partial charge in [-0.05, 0) is 80.1 Å². The largest absolute Gasteiger partial charge is 0.193 e. The summed E-state index contributed by atoms with van der Waals surface area (Å²) in [7, 11) is 0. The maximum atomic E-state index is 9.50. The molecule has 0 spiro atoms. The van der Waals surface area contributed by atoms with E-state index < -0.39 is 0 Å². The summed E-state index contributed by atoms with van der Waals surface area (Å²) in [5, 5.41) is 28.4. The Morgan fingerprint density at radius 2 is 1.05 bits per heavy atom. The topological polar surface area (TPSA) is 71.4 Å². The van der Waals surface area contributed by atoms with Crippen molar-refractivity contribution in [1.29, 1.82) is 15.8 Å². The van der Waals surface area contributed by atoms with Crippen molar-refractivity contribution < 1.29 is 0 Å². The van der Waals surface area contributed by atoms with Crippen molar-refractivity contribution in [1.82, 2.24) is 0 Å². The van der Waals surface area contributed by atoms with E-state index in [9.17, 15) is 15.8 Å². The van der Waals surface area contributed by atoms with Gasteiger partial charge in [-0.2, -0.15) is 15.8 Å². The fourth-order valence-electron chi connectivity index (χ4n) is 4.81. The van der Waals surface area contributed by atoms with Gasteiger partial charge in [-0.15, -0.1) is 45.3 Å². The van der Waals surface area contributed by atoms with Gasteiger partial charge in [0.25, 0.3) is 0 Å². The Morgan fingerprint density at radius 3 is 1.51 bits per heavy atom. The lowest BCUT2D eigenvalue weighted by Crippen LogP contribution is -1.95. The van der Waals surface area contributed by atoms with E-state index in [0.717, 1.165) is 33.9 Å². The highest BCUT2D eigenvalue weighted by Crippen LogP contribution is 2.21. The number of nitriles is 3. The third-order valence-corrected chi connectivity index (χ3v) is 12.3. The third-order valence-electron chi connectivity index (χ3n) is 7.13. The second-order valence-electron chi connectivity index (χ2n) is 10.2. The molecule has 0 saturated heterocycles. The highest BCUT2D eigenvalue weighted by atomic mass is 32.1. The van der Waals surface area contributed by atoms with Crippen LogP contribution in [-0.2, 0) is 12.8 Å². The second kappa shape index (κ2) is 15.3. The summed E-state index contributed by atoms with van der Waals surface area (Å²) in [5.41, 5.74) is 3.58. The number of rotatable bonds is 10. The third kappa shape index (κ3) is 7.65. The molecular formula is C34H35N3S4. The van der Waals surface area contributed by atoms with Gasteiger partial charge in [0.15, 0.2) is 0 Å². The maximum Gasteiger partial charge on any atom is 0.146 e. The highest BCUT2D eigenvalue weighted by Gasteiger charge is 2.07. The fraction of sp³-hybridized carbons (Fsp3) is 0.382. The predicted molar refractivity (Wildman–Crippen MR) is 175 cm³/mol. The van der Waals surface area contributed by atoms with E-state index in [2.05, 4.69) is 68.5 Å². The van der Waals surface area contributed by atoms with Crippen molar-refractivity contribution in [3.8, 4) is 18.2 Å². The molecule has 41 heavy (non-hydrogen) atoms. The number of nitrogens with zero attached hydrogens (tertiary/aromatic N) is 3. The summed E-state index contributed by atoms with van der Waals surface area (Å²) < 4.78 is 9.27. The van der Waals surface area contributed by atoms with Crippen LogP contribution in [0.1, 0.15) is 83.3 Å². The van der Waals surface area contributed by atoms with Crippen molar-refractivity contribution in [3.63, 3.8) is 0 Å². The SMILES string of the molecule is CCCCCCc1cc(=C(C#N)C#N)s/c1=c1\cc/c(=c2/cc/c(=c3\s/c(=C(/C)C#N)cc3CCCCCC)s2)s1. The van der Waals surface area contributed by atoms with Crippen molar-refractivity contribution >= 4 is 56.5 Å². The van der Waals surface area contributed by atoms with Gasteiger partial charge < -0.3 is 0 Å². The first-order valence-electron chi connectivity index (χ1n) is 14.4. The first kappa shape index (κ1) is 31.0. The maximum absolute atomic E-state index is 9.50. The minimum Gasteiger partial charge on any atom is -0.193 e. The minimum absolute atomic E-state index is 0.195. The molecule has 0 aromatic carbocycles. The first-order valence-corrected chi connectivity index (χ1v) is 17.7. The summed E-state index contributed by atoms with van der Waals surface area (Å²) in [5.74, 6) is 0. The van der Waals surface area contributed by atoms with Crippen LogP contribution in [0.5, 0.6) is 0 Å². The molecule has 0 amide bonds. The van der Waals surface area contributed by atoms with Crippen LogP contribution in [0.2, 0.25) is 0 Å². The zero-order chi connectivity index (χ0) is 29.2. The summed E-state index contributed by atoms with van der Waals surface area (Å²) in [6, 6.07) is 19.6. The van der Waals surface area contributed by atoms with Gasteiger partial charge in [-0.25, -0.2) is 0 Å². The fourth-order valence-corrected chi connectivity index (χ4v) is 9.52. The van der Waals surface area contributed by atoms with E-state index in [0.29, 0.717) is 0 Å². The molecule has 0 saturated carbocycles. The Balaban J connectivity index is 1.90. The van der Waals surface area contributed by atoms with Crippen molar-refractivity contribution in [2.75, 3.05) is 0 Å². The van der Waals surface area contributed by atoms with E-state index in [4.69, 9.17) is 0 Å². The molecular weight excluding hydrogens is 579 g/mol. The van der Waals surface area contributed by atoms with E-state index in [-0.39, 0.29) is 5.57 Å². The molecule has 210 valence electrons. The number of hydrogen-bond acceptors (Lipinski definition) is 7. The number of thiophene rings is 4. The molecule has 0 aliphatic rings. The lowest BCUT2D eigenvalue weighted by atomic mass is 10.1. The summed E-state index contributed by atoms with van der Waals surface area (Å²) in [6.07, 6.45) is 11.6. The van der Waals surface area contributed by atoms with Crippen LogP contribution in [0.15, 0.2) is 36.4 Å². The first-order chi connectivity index (χ1) is 20.0. The second-order valence-corrected chi connectivity index (χ2v) is 14.5. The van der Waals surface area contributed by atoms with Gasteiger partial charge in [0.2, 0.25) is 0 Å². The molecule has 4 aromatic heterocycles. The molecule has 0 atom stereocenters. The van der Waals surface area contributed by atoms with E-state index in [1.54, 1.807) is 34.0 Å². The monoisotopic (exact) mass is 613 g/mol. The van der Waals surface area contributed by atoms with Crippen LogP contribution in [0.25, 0.3) is 11.1 Å². The molecule has 0 aliphatic carbocycles. The van der Waals surface area contributed by atoms with Gasteiger partial charge in [-0.3, -0.25) is 0 Å². The lowest BCUT2D eigenvalue weighted by molar-refractivity contribution is 0.667. The number of hydrogen-bond donors (Lipinski definition) is 0. The molecule has 4 aromatic rings. The normalized spacial score (nSPS) is 14.2. The van der Waals surface area contributed by atoms with Gasteiger partial charge in [0, 0.05) is 37.3 Å². The summed E-state index contributed by atoms with van der Waals surface area (Å²) in [6.45, 7) is 6.37. The average molecular weight is 614 g/mol. The van der Waals surface area contributed by atoms with Crippen molar-refractivity contribution in [2.24, 2.45) is 0 Å². The molecule has 0 unspecified atom stereocenters. The van der Waals surface area contributed by atoms with Crippen LogP contribution < -0.4 is 9.06 Å². The average Bonchev–Trinajstić information content (AvgIpc) is 3.79. The summed E-state index contributed by atoms with van der Waals surface area (Å²) >= 11 is 6.92. The van der Waals surface area contributed by atoms with E-state index >= 15 is 0 Å².